The number of nitrogens with one attached hydrogen (secondary N) is 1. The molecule has 0 aliphatic carbocycles. The van der Waals surface area contributed by atoms with Gasteiger partial charge in [0.2, 0.25) is 5.91 Å². The average Bonchev–Trinajstić information content (AvgIpc) is 2.70. The number of hydrogen-bond acceptors (Lipinski definition) is 5. The summed E-state index contributed by atoms with van der Waals surface area (Å²) in [5.41, 5.74) is 0.333. The SMILES string of the molecule is CC(C)(C)OC(=O)N1CCC(C(=O)NCC(C)(C)c2ccc3c(c2)OCCO3)CC1. The number of ether oxygens (including phenoxy) is 3. The highest BCUT2D eigenvalue weighted by Crippen LogP contribution is 2.35. The summed E-state index contributed by atoms with van der Waals surface area (Å²) in [7, 11) is 0. The maximum atomic E-state index is 12.7. The van der Waals surface area contributed by atoms with Crippen molar-refractivity contribution in [1.82, 2.24) is 10.2 Å². The summed E-state index contributed by atoms with van der Waals surface area (Å²) in [6.45, 7) is 12.5. The molecule has 2 aliphatic heterocycles. The van der Waals surface area contributed by atoms with E-state index in [1.807, 2.05) is 39.0 Å². The van der Waals surface area contributed by atoms with E-state index in [0.717, 1.165) is 17.1 Å². The zero-order valence-electron chi connectivity index (χ0n) is 18.7. The fourth-order valence-electron chi connectivity index (χ4n) is 3.67. The number of amides is 2. The average molecular weight is 419 g/mol. The summed E-state index contributed by atoms with van der Waals surface area (Å²) in [6, 6.07) is 5.96. The Hall–Kier alpha value is -2.44. The van der Waals surface area contributed by atoms with Crippen molar-refractivity contribution in [2.75, 3.05) is 32.8 Å². The molecule has 2 heterocycles. The molecule has 0 radical (unpaired) electrons. The van der Waals surface area contributed by atoms with Gasteiger partial charge in [-0.1, -0.05) is 19.9 Å². The van der Waals surface area contributed by atoms with Crippen LogP contribution in [0.4, 0.5) is 4.79 Å². The van der Waals surface area contributed by atoms with Crippen LogP contribution >= 0.6 is 0 Å². The van der Waals surface area contributed by atoms with Gasteiger partial charge in [-0.05, 0) is 51.3 Å². The molecule has 2 amide bonds. The quantitative estimate of drug-likeness (QED) is 0.810. The Morgan fingerprint density at radius 3 is 2.33 bits per heavy atom. The summed E-state index contributed by atoms with van der Waals surface area (Å²) >= 11 is 0. The number of nitrogens with zero attached hydrogens (tertiary/aromatic N) is 1. The van der Waals surface area contributed by atoms with Crippen molar-refractivity contribution in [3.8, 4) is 11.5 Å². The molecular formula is C23H34N2O5. The molecule has 0 aromatic heterocycles. The number of carbonyl (C=O) groups is 2. The number of benzene rings is 1. The minimum Gasteiger partial charge on any atom is -0.486 e. The van der Waals surface area contributed by atoms with E-state index in [4.69, 9.17) is 14.2 Å². The molecule has 0 saturated carbocycles. The second-order valence-electron chi connectivity index (χ2n) is 9.70. The Labute approximate surface area is 179 Å². The van der Waals surface area contributed by atoms with Gasteiger partial charge >= 0.3 is 6.09 Å². The van der Waals surface area contributed by atoms with Gasteiger partial charge in [0.25, 0.3) is 0 Å². The molecule has 0 bridgehead atoms. The van der Waals surface area contributed by atoms with Gasteiger partial charge in [-0.25, -0.2) is 4.79 Å². The topological polar surface area (TPSA) is 77.1 Å². The number of likely N-dealkylation sites (tertiary alicyclic amines) is 1. The van der Waals surface area contributed by atoms with Crippen LogP contribution in [0.5, 0.6) is 11.5 Å². The molecular weight excluding hydrogens is 384 g/mol. The van der Waals surface area contributed by atoms with Crippen LogP contribution in [0.3, 0.4) is 0 Å². The first-order chi connectivity index (χ1) is 14.0. The zero-order chi connectivity index (χ0) is 21.9. The van der Waals surface area contributed by atoms with Crippen LogP contribution in [0.15, 0.2) is 18.2 Å². The fourth-order valence-corrected chi connectivity index (χ4v) is 3.67. The lowest BCUT2D eigenvalue weighted by Gasteiger charge is -2.33. The van der Waals surface area contributed by atoms with Crippen LogP contribution in [0.1, 0.15) is 53.0 Å². The second-order valence-corrected chi connectivity index (χ2v) is 9.70. The van der Waals surface area contributed by atoms with Gasteiger partial charge in [0.1, 0.15) is 18.8 Å². The van der Waals surface area contributed by atoms with Crippen molar-refractivity contribution in [2.45, 2.75) is 58.5 Å². The van der Waals surface area contributed by atoms with Gasteiger partial charge in [0, 0.05) is 31.0 Å². The van der Waals surface area contributed by atoms with Crippen LogP contribution in [0, 0.1) is 5.92 Å². The molecule has 0 atom stereocenters. The molecule has 0 spiro atoms. The Balaban J connectivity index is 1.50. The van der Waals surface area contributed by atoms with Crippen molar-refractivity contribution in [2.24, 2.45) is 5.92 Å². The number of rotatable bonds is 4. The molecule has 0 unspecified atom stereocenters. The van der Waals surface area contributed by atoms with Gasteiger partial charge in [-0.3, -0.25) is 4.79 Å². The summed E-state index contributed by atoms with van der Waals surface area (Å²) in [5.74, 6) is 1.48. The van der Waals surface area contributed by atoms with Gasteiger partial charge in [0.05, 0.1) is 0 Å². The van der Waals surface area contributed by atoms with Gasteiger partial charge in [-0.2, -0.15) is 0 Å². The lowest BCUT2D eigenvalue weighted by molar-refractivity contribution is -0.126. The third kappa shape index (κ3) is 5.58. The lowest BCUT2D eigenvalue weighted by Crippen LogP contribution is -2.46. The third-order valence-corrected chi connectivity index (χ3v) is 5.55. The maximum absolute atomic E-state index is 12.7. The highest BCUT2D eigenvalue weighted by molar-refractivity contribution is 5.79. The fraction of sp³-hybridized carbons (Fsp3) is 0.652. The summed E-state index contributed by atoms with van der Waals surface area (Å²) in [6.07, 6.45) is 0.992. The van der Waals surface area contributed by atoms with Crippen LogP contribution in [-0.2, 0) is 14.9 Å². The number of piperidine rings is 1. The summed E-state index contributed by atoms with van der Waals surface area (Å²) in [4.78, 5) is 26.6. The van der Waals surface area contributed by atoms with E-state index in [1.54, 1.807) is 4.90 Å². The highest BCUT2D eigenvalue weighted by Gasteiger charge is 2.31. The number of fused-ring (bicyclic) bond motifs is 1. The van der Waals surface area contributed by atoms with E-state index in [2.05, 4.69) is 19.2 Å². The molecule has 166 valence electrons. The largest absolute Gasteiger partial charge is 0.486 e. The second kappa shape index (κ2) is 8.74. The minimum absolute atomic E-state index is 0.0458. The third-order valence-electron chi connectivity index (χ3n) is 5.55. The zero-order valence-corrected chi connectivity index (χ0v) is 18.7. The first-order valence-electron chi connectivity index (χ1n) is 10.7. The van der Waals surface area contributed by atoms with Crippen molar-refractivity contribution in [3.05, 3.63) is 23.8 Å². The van der Waals surface area contributed by atoms with Crippen molar-refractivity contribution in [1.29, 1.82) is 0 Å². The van der Waals surface area contributed by atoms with E-state index in [9.17, 15) is 9.59 Å². The Kier molecular flexibility index (Phi) is 6.48. The van der Waals surface area contributed by atoms with Crippen LogP contribution < -0.4 is 14.8 Å². The monoisotopic (exact) mass is 418 g/mol. The molecule has 7 nitrogen and oxygen atoms in total. The standard InChI is InChI=1S/C23H34N2O5/c1-22(2,3)30-21(27)25-10-8-16(9-11-25)20(26)24-15-23(4,5)17-6-7-18-19(14-17)29-13-12-28-18/h6-7,14,16H,8-13,15H2,1-5H3,(H,24,26). The van der Waals surface area contributed by atoms with E-state index >= 15 is 0 Å². The molecule has 1 aromatic carbocycles. The smallest absolute Gasteiger partial charge is 0.410 e. The van der Waals surface area contributed by atoms with Crippen LogP contribution in [0.2, 0.25) is 0 Å². The van der Waals surface area contributed by atoms with Gasteiger partial charge < -0.3 is 24.4 Å². The van der Waals surface area contributed by atoms with Crippen molar-refractivity contribution in [3.63, 3.8) is 0 Å². The predicted octanol–water partition coefficient (Wildman–Crippen LogP) is 3.50. The van der Waals surface area contributed by atoms with E-state index < -0.39 is 5.60 Å². The number of carbonyl (C=O) groups excluding carboxylic acids is 2. The molecule has 1 saturated heterocycles. The molecule has 1 N–H and O–H groups in total. The molecule has 30 heavy (non-hydrogen) atoms. The summed E-state index contributed by atoms with van der Waals surface area (Å²) in [5, 5.41) is 3.11. The van der Waals surface area contributed by atoms with Gasteiger partial charge in [-0.15, -0.1) is 0 Å². The molecule has 2 aliphatic rings. The molecule has 7 heteroatoms. The first-order valence-corrected chi connectivity index (χ1v) is 10.7. The molecule has 1 fully saturated rings. The van der Waals surface area contributed by atoms with Crippen molar-refractivity contribution < 1.29 is 23.8 Å². The van der Waals surface area contributed by atoms with E-state index in [1.165, 1.54) is 0 Å². The van der Waals surface area contributed by atoms with Crippen LogP contribution in [0.25, 0.3) is 0 Å². The highest BCUT2D eigenvalue weighted by atomic mass is 16.6. The van der Waals surface area contributed by atoms with E-state index in [-0.39, 0.29) is 23.3 Å². The summed E-state index contributed by atoms with van der Waals surface area (Å²) < 4.78 is 16.7. The molecule has 1 aromatic rings. The first kappa shape index (κ1) is 22.2. The lowest BCUT2D eigenvalue weighted by atomic mass is 9.84. The van der Waals surface area contributed by atoms with E-state index in [0.29, 0.717) is 45.7 Å². The van der Waals surface area contributed by atoms with Gasteiger partial charge in [0.15, 0.2) is 11.5 Å². The predicted molar refractivity (Wildman–Crippen MR) is 114 cm³/mol. The van der Waals surface area contributed by atoms with Crippen LogP contribution in [-0.4, -0.2) is 55.3 Å². The Morgan fingerprint density at radius 2 is 1.70 bits per heavy atom. The molecule has 3 rings (SSSR count). The Bertz CT molecular complexity index is 776. The number of hydrogen-bond donors (Lipinski definition) is 1. The normalized spacial score (nSPS) is 17.4. The maximum Gasteiger partial charge on any atom is 0.410 e. The Morgan fingerprint density at radius 1 is 1.07 bits per heavy atom. The minimum atomic E-state index is -0.509. The van der Waals surface area contributed by atoms with Crippen molar-refractivity contribution >= 4 is 12.0 Å².